The van der Waals surface area contributed by atoms with Gasteiger partial charge < -0.3 is 14.6 Å². The number of carbonyl (C=O) groups is 1. The van der Waals surface area contributed by atoms with E-state index in [1.165, 1.54) is 26.4 Å². The van der Waals surface area contributed by atoms with Gasteiger partial charge in [-0.25, -0.2) is 4.79 Å². The highest BCUT2D eigenvalue weighted by Gasteiger charge is 2.23. The lowest BCUT2D eigenvalue weighted by Gasteiger charge is -2.26. The first kappa shape index (κ1) is 14.0. The van der Waals surface area contributed by atoms with Crippen molar-refractivity contribution in [3.63, 3.8) is 0 Å². The molecular formula is C13H22O4. The molecule has 0 heterocycles. The number of hydrogen-bond acceptors (Lipinski definition) is 4. The van der Waals surface area contributed by atoms with E-state index in [4.69, 9.17) is 4.74 Å². The third kappa shape index (κ3) is 5.73. The van der Waals surface area contributed by atoms with Gasteiger partial charge in [0.25, 0.3) is 0 Å². The Kier molecular flexibility index (Phi) is 6.05. The van der Waals surface area contributed by atoms with Crippen LogP contribution in [-0.4, -0.2) is 30.6 Å². The summed E-state index contributed by atoms with van der Waals surface area (Å²) in [5.74, 6) is 0. The summed E-state index contributed by atoms with van der Waals surface area (Å²) in [5, 5.41) is 10.3. The topological polar surface area (TPSA) is 55.8 Å². The highest BCUT2D eigenvalue weighted by Crippen LogP contribution is 2.27. The minimum absolute atomic E-state index is 0.148. The number of ether oxygens (including phenoxy) is 2. The molecule has 1 N–H and O–H groups in total. The van der Waals surface area contributed by atoms with Crippen LogP contribution >= 0.6 is 0 Å². The van der Waals surface area contributed by atoms with Crippen molar-refractivity contribution in [3.05, 3.63) is 12.2 Å². The second kappa shape index (κ2) is 7.33. The molecule has 0 bridgehead atoms. The van der Waals surface area contributed by atoms with Crippen LogP contribution in [0.15, 0.2) is 12.2 Å². The zero-order valence-electron chi connectivity index (χ0n) is 10.5. The SMILES string of the molecule is COC(=O)OC/C=C/C1(O)CCCCCCC1. The monoisotopic (exact) mass is 242 g/mol. The standard InChI is InChI=1S/C13H22O4/c1-16-12(14)17-11-7-10-13(15)8-5-3-2-4-6-9-13/h7,10,15H,2-6,8-9,11H2,1H3/b10-7+. The summed E-state index contributed by atoms with van der Waals surface area (Å²) in [5.41, 5.74) is -0.722. The van der Waals surface area contributed by atoms with Crippen LogP contribution in [0.2, 0.25) is 0 Å². The van der Waals surface area contributed by atoms with Crippen LogP contribution in [0.1, 0.15) is 44.9 Å². The maximum absolute atomic E-state index is 10.7. The number of aliphatic hydroxyl groups is 1. The minimum Gasteiger partial charge on any atom is -0.438 e. The fraction of sp³-hybridized carbons (Fsp3) is 0.769. The zero-order valence-corrected chi connectivity index (χ0v) is 10.5. The highest BCUT2D eigenvalue weighted by molar-refractivity contribution is 5.59. The summed E-state index contributed by atoms with van der Waals surface area (Å²) in [6.07, 6.45) is 10.1. The minimum atomic E-state index is -0.722. The Morgan fingerprint density at radius 2 is 1.82 bits per heavy atom. The Hall–Kier alpha value is -1.03. The van der Waals surface area contributed by atoms with Crippen LogP contribution in [-0.2, 0) is 9.47 Å². The van der Waals surface area contributed by atoms with Crippen LogP contribution in [0, 0.1) is 0 Å². The predicted molar refractivity (Wildman–Crippen MR) is 64.8 cm³/mol. The zero-order chi connectivity index (χ0) is 12.6. The molecule has 98 valence electrons. The molecule has 0 unspecified atom stereocenters. The Balaban J connectivity index is 2.34. The Bertz CT molecular complexity index is 252. The number of methoxy groups -OCH3 is 1. The van der Waals surface area contributed by atoms with Gasteiger partial charge in [0.05, 0.1) is 12.7 Å². The normalized spacial score (nSPS) is 20.6. The first-order valence-electron chi connectivity index (χ1n) is 6.27. The molecule has 17 heavy (non-hydrogen) atoms. The lowest BCUT2D eigenvalue weighted by Crippen LogP contribution is -2.26. The molecule has 0 amide bonds. The third-order valence-corrected chi connectivity index (χ3v) is 3.11. The van der Waals surface area contributed by atoms with E-state index in [2.05, 4.69) is 4.74 Å². The lowest BCUT2D eigenvalue weighted by molar-refractivity contribution is 0.0594. The molecular weight excluding hydrogens is 220 g/mol. The average Bonchev–Trinajstić information content (AvgIpc) is 2.30. The van der Waals surface area contributed by atoms with Crippen LogP contribution in [0.25, 0.3) is 0 Å². The molecule has 4 heteroatoms. The second-order valence-electron chi connectivity index (χ2n) is 4.54. The van der Waals surface area contributed by atoms with Gasteiger partial charge in [-0.3, -0.25) is 0 Å². The Morgan fingerprint density at radius 1 is 1.24 bits per heavy atom. The highest BCUT2D eigenvalue weighted by atomic mass is 16.7. The van der Waals surface area contributed by atoms with Gasteiger partial charge in [0.1, 0.15) is 6.61 Å². The maximum Gasteiger partial charge on any atom is 0.508 e. The first-order chi connectivity index (χ1) is 8.16. The van der Waals surface area contributed by atoms with Gasteiger partial charge in [-0.15, -0.1) is 0 Å². The van der Waals surface area contributed by atoms with Crippen molar-refractivity contribution in [2.24, 2.45) is 0 Å². The molecule has 0 aromatic carbocycles. The smallest absolute Gasteiger partial charge is 0.438 e. The molecule has 0 atom stereocenters. The van der Waals surface area contributed by atoms with E-state index in [1.54, 1.807) is 12.2 Å². The van der Waals surface area contributed by atoms with Crippen molar-refractivity contribution in [3.8, 4) is 0 Å². The van der Waals surface area contributed by atoms with E-state index in [1.807, 2.05) is 0 Å². The van der Waals surface area contributed by atoms with Crippen LogP contribution in [0.3, 0.4) is 0 Å². The van der Waals surface area contributed by atoms with Gasteiger partial charge in [-0.05, 0) is 18.9 Å². The predicted octanol–water partition coefficient (Wildman–Crippen LogP) is 2.80. The molecule has 1 fully saturated rings. The van der Waals surface area contributed by atoms with E-state index >= 15 is 0 Å². The Morgan fingerprint density at radius 3 is 2.41 bits per heavy atom. The summed E-state index contributed by atoms with van der Waals surface area (Å²) in [6.45, 7) is 0.148. The van der Waals surface area contributed by atoms with E-state index in [-0.39, 0.29) is 6.61 Å². The molecule has 0 spiro atoms. The summed E-state index contributed by atoms with van der Waals surface area (Å²) >= 11 is 0. The number of hydrogen-bond donors (Lipinski definition) is 1. The van der Waals surface area contributed by atoms with Gasteiger partial charge in [0.2, 0.25) is 0 Å². The van der Waals surface area contributed by atoms with Crippen LogP contribution < -0.4 is 0 Å². The second-order valence-corrected chi connectivity index (χ2v) is 4.54. The molecule has 0 aromatic heterocycles. The van der Waals surface area contributed by atoms with Crippen molar-refractivity contribution in [1.82, 2.24) is 0 Å². The van der Waals surface area contributed by atoms with Crippen LogP contribution in [0.5, 0.6) is 0 Å². The fourth-order valence-corrected chi connectivity index (χ4v) is 2.13. The number of carbonyl (C=O) groups excluding carboxylic acids is 1. The largest absolute Gasteiger partial charge is 0.508 e. The van der Waals surface area contributed by atoms with Crippen molar-refractivity contribution in [2.45, 2.75) is 50.5 Å². The van der Waals surface area contributed by atoms with Gasteiger partial charge in [0, 0.05) is 0 Å². The summed E-state index contributed by atoms with van der Waals surface area (Å²) in [4.78, 5) is 10.7. The molecule has 1 aliphatic carbocycles. The van der Waals surface area contributed by atoms with Gasteiger partial charge >= 0.3 is 6.16 Å². The molecule has 1 aliphatic rings. The van der Waals surface area contributed by atoms with Crippen molar-refractivity contribution < 1.29 is 19.4 Å². The molecule has 0 saturated heterocycles. The number of rotatable bonds is 3. The van der Waals surface area contributed by atoms with Gasteiger partial charge in [0.15, 0.2) is 0 Å². The van der Waals surface area contributed by atoms with Crippen LogP contribution in [0.4, 0.5) is 4.79 Å². The first-order valence-corrected chi connectivity index (χ1v) is 6.27. The van der Waals surface area contributed by atoms with Gasteiger partial charge in [-0.1, -0.05) is 38.2 Å². The molecule has 1 saturated carbocycles. The summed E-state index contributed by atoms with van der Waals surface area (Å²) < 4.78 is 9.07. The molecule has 1 rings (SSSR count). The Labute approximate surface area is 103 Å². The van der Waals surface area contributed by atoms with E-state index in [9.17, 15) is 9.90 Å². The van der Waals surface area contributed by atoms with Crippen molar-refractivity contribution in [1.29, 1.82) is 0 Å². The molecule has 0 aliphatic heterocycles. The molecule has 0 aromatic rings. The maximum atomic E-state index is 10.7. The van der Waals surface area contributed by atoms with E-state index in [0.717, 1.165) is 25.7 Å². The fourth-order valence-electron chi connectivity index (χ4n) is 2.13. The summed E-state index contributed by atoms with van der Waals surface area (Å²) in [6, 6.07) is 0. The van der Waals surface area contributed by atoms with E-state index < -0.39 is 11.8 Å². The average molecular weight is 242 g/mol. The quantitative estimate of drug-likeness (QED) is 0.610. The molecule has 0 radical (unpaired) electrons. The van der Waals surface area contributed by atoms with Crippen molar-refractivity contribution >= 4 is 6.16 Å². The van der Waals surface area contributed by atoms with Crippen molar-refractivity contribution in [2.75, 3.05) is 13.7 Å². The molecule has 4 nitrogen and oxygen atoms in total. The third-order valence-electron chi connectivity index (χ3n) is 3.11. The summed E-state index contributed by atoms with van der Waals surface area (Å²) in [7, 11) is 1.27. The van der Waals surface area contributed by atoms with Gasteiger partial charge in [-0.2, -0.15) is 0 Å². The van der Waals surface area contributed by atoms with E-state index in [0.29, 0.717) is 0 Å². The lowest BCUT2D eigenvalue weighted by atomic mass is 9.87.